The van der Waals surface area contributed by atoms with Gasteiger partial charge >= 0.3 is 0 Å². The van der Waals surface area contributed by atoms with Crippen molar-refractivity contribution in [1.29, 1.82) is 0 Å². The second kappa shape index (κ2) is 7.79. The summed E-state index contributed by atoms with van der Waals surface area (Å²) < 4.78 is 25.8. The van der Waals surface area contributed by atoms with Gasteiger partial charge in [0, 0.05) is 35.0 Å². The maximum Gasteiger partial charge on any atom is 0.258 e. The van der Waals surface area contributed by atoms with E-state index < -0.39 is 11.1 Å². The Morgan fingerprint density at radius 3 is 2.33 bits per heavy atom. The fourth-order valence-corrected chi connectivity index (χ4v) is 8.24. The van der Waals surface area contributed by atoms with Crippen molar-refractivity contribution < 1.29 is 18.2 Å². The van der Waals surface area contributed by atoms with Crippen LogP contribution in [0.3, 0.4) is 0 Å². The predicted octanol–water partition coefficient (Wildman–Crippen LogP) is 6.39. The molecule has 2 aromatic heterocycles. The normalized spacial score (nSPS) is 35.7. The zero-order valence-electron chi connectivity index (χ0n) is 22.7. The van der Waals surface area contributed by atoms with Gasteiger partial charge in [0.15, 0.2) is 11.6 Å². The number of hydrogen-bond donors (Lipinski definition) is 0. The summed E-state index contributed by atoms with van der Waals surface area (Å²) in [7, 11) is 0. The van der Waals surface area contributed by atoms with Gasteiger partial charge in [0.05, 0.1) is 5.41 Å². The molecule has 11 rings (SSSR count). The molecule has 8 aliphatic carbocycles. The molecule has 1 aromatic carbocycles. The summed E-state index contributed by atoms with van der Waals surface area (Å²) in [5.74, 6) is 3.94. The van der Waals surface area contributed by atoms with Gasteiger partial charge in [-0.3, -0.25) is 4.79 Å². The van der Waals surface area contributed by atoms with Crippen LogP contribution in [0, 0.1) is 10.8 Å². The Morgan fingerprint density at radius 1 is 0.925 bits per heavy atom. The quantitative estimate of drug-likeness (QED) is 0.325. The molecule has 40 heavy (non-hydrogen) atoms. The summed E-state index contributed by atoms with van der Waals surface area (Å²) in [6.07, 6.45) is 11.7. The lowest BCUT2D eigenvalue weighted by molar-refractivity contribution is -0.211. The molecule has 8 fully saturated rings. The van der Waals surface area contributed by atoms with Crippen LogP contribution < -0.4 is 4.90 Å². The molecule has 0 N–H and O–H groups in total. The van der Waals surface area contributed by atoms with Crippen LogP contribution in [0.25, 0.3) is 11.5 Å². The highest BCUT2D eigenvalue weighted by Crippen LogP contribution is 2.70. The molecule has 208 valence electrons. The SMILES string of the molecule is O=C(N(CC12CCC(c3noc(C4CC4)n3)(CC1)CC2)c1cccc(-c2nc(C3CC3)no2)c1)C12CC(F)(C1)C2. The van der Waals surface area contributed by atoms with Crippen molar-refractivity contribution in [2.75, 3.05) is 11.4 Å². The molecular weight excluding hydrogens is 509 g/mol. The number of carbonyl (C=O) groups excluding carboxylic acids is 1. The van der Waals surface area contributed by atoms with Crippen molar-refractivity contribution in [3.8, 4) is 11.5 Å². The molecule has 2 heterocycles. The second-order valence-corrected chi connectivity index (χ2v) is 14.1. The van der Waals surface area contributed by atoms with Crippen molar-refractivity contribution in [3.63, 3.8) is 0 Å². The standard InChI is InChI=1S/C31H34FN5O3/c32-31-15-30(16-31,17-31)27(38)37(22-3-1-2-21(14-22)25-33-23(35-39-25)19-4-5-19)18-28-8-11-29(12-9-28,13-10-28)26-34-24(40-36-26)20-6-7-20/h1-3,14,19-20H,4-13,15-18H2. The third-order valence-electron chi connectivity index (χ3n) is 11.2. The van der Waals surface area contributed by atoms with Crippen molar-refractivity contribution in [2.45, 2.75) is 106 Å². The van der Waals surface area contributed by atoms with Crippen LogP contribution in [0.15, 0.2) is 33.3 Å². The Balaban J connectivity index is 0.997. The average Bonchev–Trinajstić information content (AvgIpc) is 3.89. The molecule has 8 aliphatic rings. The summed E-state index contributed by atoms with van der Waals surface area (Å²) in [6, 6.07) is 7.93. The first-order valence-corrected chi connectivity index (χ1v) is 15.1. The Morgan fingerprint density at radius 2 is 1.65 bits per heavy atom. The lowest BCUT2D eigenvalue weighted by Crippen LogP contribution is -2.71. The molecular formula is C31H34FN5O3. The topological polar surface area (TPSA) is 98.2 Å². The number of fused-ring (bicyclic) bond motifs is 3. The Bertz CT molecular complexity index is 1480. The largest absolute Gasteiger partial charge is 0.339 e. The van der Waals surface area contributed by atoms with E-state index in [1.165, 1.54) is 0 Å². The van der Waals surface area contributed by atoms with E-state index in [0.29, 0.717) is 43.5 Å². The van der Waals surface area contributed by atoms with Gasteiger partial charge in [-0.05, 0) is 107 Å². The average molecular weight is 544 g/mol. The van der Waals surface area contributed by atoms with Gasteiger partial charge in [-0.15, -0.1) is 0 Å². The molecule has 8 nitrogen and oxygen atoms in total. The first-order valence-electron chi connectivity index (χ1n) is 15.1. The van der Waals surface area contributed by atoms with Crippen molar-refractivity contribution in [3.05, 3.63) is 41.8 Å². The molecule has 3 aromatic rings. The van der Waals surface area contributed by atoms with E-state index in [1.807, 2.05) is 29.2 Å². The number of amides is 1. The van der Waals surface area contributed by atoms with E-state index in [4.69, 9.17) is 14.0 Å². The Hall–Kier alpha value is -3.10. The van der Waals surface area contributed by atoms with Crippen molar-refractivity contribution in [1.82, 2.24) is 20.3 Å². The van der Waals surface area contributed by atoms with Crippen LogP contribution in [-0.2, 0) is 10.2 Å². The number of carbonyl (C=O) groups is 1. The summed E-state index contributed by atoms with van der Waals surface area (Å²) in [6.45, 7) is 0.656. The van der Waals surface area contributed by atoms with E-state index in [-0.39, 0.29) is 16.7 Å². The molecule has 8 saturated carbocycles. The van der Waals surface area contributed by atoms with E-state index in [0.717, 1.165) is 93.0 Å². The van der Waals surface area contributed by atoms with Crippen LogP contribution in [0.4, 0.5) is 10.1 Å². The fourth-order valence-electron chi connectivity index (χ4n) is 8.24. The zero-order valence-corrected chi connectivity index (χ0v) is 22.7. The number of hydrogen-bond acceptors (Lipinski definition) is 7. The lowest BCUT2D eigenvalue weighted by atomic mass is 9.41. The van der Waals surface area contributed by atoms with E-state index in [2.05, 4.69) is 15.3 Å². The number of rotatable bonds is 8. The highest BCUT2D eigenvalue weighted by atomic mass is 19.1. The van der Waals surface area contributed by atoms with Crippen LogP contribution in [0.5, 0.6) is 0 Å². The maximum absolute atomic E-state index is 14.5. The predicted molar refractivity (Wildman–Crippen MR) is 142 cm³/mol. The second-order valence-electron chi connectivity index (χ2n) is 14.1. The highest BCUT2D eigenvalue weighted by Gasteiger charge is 2.73. The Labute approximate surface area is 232 Å². The van der Waals surface area contributed by atoms with Gasteiger partial charge in [0.25, 0.3) is 5.89 Å². The van der Waals surface area contributed by atoms with Crippen molar-refractivity contribution >= 4 is 11.6 Å². The molecule has 0 spiro atoms. The molecule has 9 heteroatoms. The van der Waals surface area contributed by atoms with Gasteiger partial charge in [-0.2, -0.15) is 9.97 Å². The summed E-state index contributed by atoms with van der Waals surface area (Å²) >= 11 is 0. The van der Waals surface area contributed by atoms with E-state index >= 15 is 0 Å². The molecule has 0 atom stereocenters. The first-order chi connectivity index (χ1) is 19.4. The van der Waals surface area contributed by atoms with Crippen LogP contribution in [0.1, 0.15) is 113 Å². The molecule has 1 amide bonds. The van der Waals surface area contributed by atoms with Gasteiger partial charge in [-0.25, -0.2) is 4.39 Å². The minimum Gasteiger partial charge on any atom is -0.339 e. The van der Waals surface area contributed by atoms with Crippen LogP contribution in [-0.4, -0.2) is 38.4 Å². The van der Waals surface area contributed by atoms with Crippen molar-refractivity contribution in [2.24, 2.45) is 10.8 Å². The third-order valence-corrected chi connectivity index (χ3v) is 11.2. The summed E-state index contributed by atoms with van der Waals surface area (Å²) in [4.78, 5) is 25.6. The number of anilines is 1. The molecule has 0 aliphatic heterocycles. The maximum atomic E-state index is 14.5. The molecule has 4 bridgehead atoms. The molecule has 0 unspecified atom stereocenters. The minimum atomic E-state index is -1.12. The monoisotopic (exact) mass is 543 g/mol. The zero-order chi connectivity index (χ0) is 26.7. The van der Waals surface area contributed by atoms with E-state index in [9.17, 15) is 9.18 Å². The van der Waals surface area contributed by atoms with Gasteiger partial charge in [-0.1, -0.05) is 16.4 Å². The number of alkyl halides is 1. The number of halogens is 1. The summed E-state index contributed by atoms with van der Waals surface area (Å²) in [5, 5.41) is 8.62. The van der Waals surface area contributed by atoms with Crippen LogP contribution in [0.2, 0.25) is 0 Å². The van der Waals surface area contributed by atoms with Gasteiger partial charge in [0.1, 0.15) is 5.67 Å². The van der Waals surface area contributed by atoms with Gasteiger partial charge < -0.3 is 13.9 Å². The highest BCUT2D eigenvalue weighted by molar-refractivity contribution is 6.00. The lowest BCUT2D eigenvalue weighted by Gasteiger charge is -2.65. The fraction of sp³-hybridized carbons (Fsp3) is 0.645. The van der Waals surface area contributed by atoms with Crippen LogP contribution >= 0.6 is 0 Å². The smallest absolute Gasteiger partial charge is 0.258 e. The van der Waals surface area contributed by atoms with E-state index in [1.54, 1.807) is 0 Å². The molecule has 0 saturated heterocycles. The number of nitrogens with zero attached hydrogens (tertiary/aromatic N) is 5. The Kier molecular flexibility index (Phi) is 4.60. The summed E-state index contributed by atoms with van der Waals surface area (Å²) in [5.41, 5.74) is 0.0403. The van der Waals surface area contributed by atoms with Gasteiger partial charge in [0.2, 0.25) is 11.8 Å². The number of benzene rings is 1. The molecule has 0 radical (unpaired) electrons. The first kappa shape index (κ1) is 23.6. The third kappa shape index (κ3) is 3.51. The minimum absolute atomic E-state index is 0.00116. The number of aromatic nitrogens is 4.